The first-order chi connectivity index (χ1) is 16.3. The van der Waals surface area contributed by atoms with Crippen molar-refractivity contribution >= 4 is 12.1 Å². The smallest absolute Gasteiger partial charge is 0.408 e. The maximum atomic E-state index is 16.3. The van der Waals surface area contributed by atoms with E-state index in [0.29, 0.717) is 47.1 Å². The Hall–Kier alpha value is -3.03. The fraction of sp³-hybridized carbons (Fsp3) is 0.481. The van der Waals surface area contributed by atoms with Gasteiger partial charge in [0, 0.05) is 11.1 Å². The average Bonchev–Trinajstić information content (AvgIpc) is 3.18. The molecule has 3 rings (SSSR count). The Kier molecular flexibility index (Phi) is 7.82. The fourth-order valence-electron chi connectivity index (χ4n) is 4.72. The number of ether oxygens (including phenoxy) is 2. The van der Waals surface area contributed by atoms with E-state index in [4.69, 9.17) is 9.47 Å². The van der Waals surface area contributed by atoms with E-state index in [9.17, 15) is 14.0 Å². The summed E-state index contributed by atoms with van der Waals surface area (Å²) in [6.07, 6.45) is 0.0854. The minimum Gasteiger partial charge on any atom is -0.466 e. The van der Waals surface area contributed by atoms with Gasteiger partial charge in [-0.3, -0.25) is 4.79 Å². The third-order valence-electron chi connectivity index (χ3n) is 5.94. The summed E-state index contributed by atoms with van der Waals surface area (Å²) in [5, 5.41) is 2.47. The standard InChI is InChI=1S/C27H32F3NO4/c1-7-34-20(32)13-19(31-26(33)35-27(4,5)6)23-24(29)18-10-8-9-17(18)22(25(23)30)21-14(2)11-16(28)12-15(21)3/h11-12,19H,7-10,13H2,1-6H3,(H,31,33). The second-order valence-corrected chi connectivity index (χ2v) is 9.85. The van der Waals surface area contributed by atoms with Gasteiger partial charge in [-0.25, -0.2) is 18.0 Å². The molecule has 1 N–H and O–H groups in total. The molecule has 1 unspecified atom stereocenters. The van der Waals surface area contributed by atoms with Crippen LogP contribution in [0.2, 0.25) is 0 Å². The molecule has 1 aliphatic rings. The van der Waals surface area contributed by atoms with Crippen LogP contribution in [0.4, 0.5) is 18.0 Å². The first-order valence-electron chi connectivity index (χ1n) is 11.8. The van der Waals surface area contributed by atoms with Gasteiger partial charge in [0.1, 0.15) is 23.1 Å². The summed E-state index contributed by atoms with van der Waals surface area (Å²) in [5.41, 5.74) is 1.28. The van der Waals surface area contributed by atoms with Crippen LogP contribution in [-0.2, 0) is 27.1 Å². The van der Waals surface area contributed by atoms with Crippen molar-refractivity contribution in [2.75, 3.05) is 6.61 Å². The molecule has 0 saturated carbocycles. The Morgan fingerprint density at radius 1 is 1.00 bits per heavy atom. The molecule has 35 heavy (non-hydrogen) atoms. The largest absolute Gasteiger partial charge is 0.466 e. The fourth-order valence-corrected chi connectivity index (χ4v) is 4.72. The van der Waals surface area contributed by atoms with E-state index in [2.05, 4.69) is 5.32 Å². The molecule has 0 aromatic heterocycles. The molecule has 0 spiro atoms. The number of aryl methyl sites for hydroxylation is 2. The summed E-state index contributed by atoms with van der Waals surface area (Å²) >= 11 is 0. The lowest BCUT2D eigenvalue weighted by Crippen LogP contribution is -2.37. The number of halogens is 3. The van der Waals surface area contributed by atoms with E-state index in [0.717, 1.165) is 0 Å². The van der Waals surface area contributed by atoms with Gasteiger partial charge in [0.15, 0.2) is 0 Å². The number of carbonyl (C=O) groups is 2. The van der Waals surface area contributed by atoms with Crippen LogP contribution in [0.3, 0.4) is 0 Å². The van der Waals surface area contributed by atoms with Gasteiger partial charge < -0.3 is 14.8 Å². The molecule has 1 amide bonds. The number of carbonyl (C=O) groups excluding carboxylic acids is 2. The number of fused-ring (bicyclic) bond motifs is 1. The zero-order valence-corrected chi connectivity index (χ0v) is 21.0. The molecule has 0 radical (unpaired) electrons. The Balaban J connectivity index is 2.23. The highest BCUT2D eigenvalue weighted by atomic mass is 19.1. The van der Waals surface area contributed by atoms with E-state index in [1.165, 1.54) is 12.1 Å². The summed E-state index contributed by atoms with van der Waals surface area (Å²) in [4.78, 5) is 24.9. The van der Waals surface area contributed by atoms with Crippen molar-refractivity contribution in [2.24, 2.45) is 0 Å². The van der Waals surface area contributed by atoms with Gasteiger partial charge in [0.25, 0.3) is 0 Å². The van der Waals surface area contributed by atoms with Crippen molar-refractivity contribution in [3.63, 3.8) is 0 Å². The maximum absolute atomic E-state index is 16.3. The molecule has 2 aromatic rings. The second kappa shape index (κ2) is 10.3. The first kappa shape index (κ1) is 26.6. The molecule has 1 atom stereocenters. The van der Waals surface area contributed by atoms with Gasteiger partial charge in [-0.2, -0.15) is 0 Å². The monoisotopic (exact) mass is 491 g/mol. The summed E-state index contributed by atoms with van der Waals surface area (Å²) in [6.45, 7) is 9.99. The van der Waals surface area contributed by atoms with Crippen LogP contribution in [-0.4, -0.2) is 24.3 Å². The van der Waals surface area contributed by atoms with E-state index in [1.54, 1.807) is 41.5 Å². The Morgan fingerprint density at radius 3 is 2.17 bits per heavy atom. The van der Waals surface area contributed by atoms with Crippen LogP contribution in [0.15, 0.2) is 12.1 Å². The molecule has 190 valence electrons. The number of benzene rings is 2. The number of alkyl carbamates (subject to hydrolysis) is 1. The normalized spacial score (nSPS) is 13.9. The second-order valence-electron chi connectivity index (χ2n) is 9.85. The zero-order valence-electron chi connectivity index (χ0n) is 21.0. The topological polar surface area (TPSA) is 64.6 Å². The number of amides is 1. The molecular weight excluding hydrogens is 459 g/mol. The third-order valence-corrected chi connectivity index (χ3v) is 5.94. The van der Waals surface area contributed by atoms with Crippen LogP contribution in [0, 0.1) is 31.3 Å². The van der Waals surface area contributed by atoms with Crippen LogP contribution >= 0.6 is 0 Å². The van der Waals surface area contributed by atoms with E-state index < -0.39 is 53.1 Å². The molecule has 5 nitrogen and oxygen atoms in total. The summed E-state index contributed by atoms with van der Waals surface area (Å²) in [7, 11) is 0. The van der Waals surface area contributed by atoms with Crippen molar-refractivity contribution in [3.8, 4) is 11.1 Å². The molecule has 0 bridgehead atoms. The van der Waals surface area contributed by atoms with Gasteiger partial charge >= 0.3 is 12.1 Å². The Labute approximate surface area is 204 Å². The van der Waals surface area contributed by atoms with Gasteiger partial charge in [-0.05, 0) is 101 Å². The van der Waals surface area contributed by atoms with Crippen molar-refractivity contribution < 1.29 is 32.2 Å². The minimum absolute atomic E-state index is 0.0758. The summed E-state index contributed by atoms with van der Waals surface area (Å²) in [6, 6.07) is 1.25. The number of nitrogens with one attached hydrogen (secondary N) is 1. The third kappa shape index (κ3) is 5.80. The lowest BCUT2D eigenvalue weighted by molar-refractivity contribution is -0.143. The molecule has 0 saturated heterocycles. The molecule has 0 fully saturated rings. The predicted octanol–water partition coefficient (Wildman–Crippen LogP) is 6.40. The Morgan fingerprint density at radius 2 is 1.60 bits per heavy atom. The quantitative estimate of drug-likeness (QED) is 0.475. The van der Waals surface area contributed by atoms with Crippen LogP contribution in [0.25, 0.3) is 11.1 Å². The number of esters is 1. The highest BCUT2D eigenvalue weighted by Gasteiger charge is 2.35. The molecule has 1 aliphatic carbocycles. The van der Waals surface area contributed by atoms with Crippen molar-refractivity contribution in [1.82, 2.24) is 5.32 Å². The minimum atomic E-state index is -1.37. The summed E-state index contributed by atoms with van der Waals surface area (Å²) in [5.74, 6) is -2.84. The van der Waals surface area contributed by atoms with Crippen molar-refractivity contribution in [2.45, 2.75) is 78.9 Å². The van der Waals surface area contributed by atoms with Gasteiger partial charge in [-0.15, -0.1) is 0 Å². The molecule has 8 heteroatoms. The summed E-state index contributed by atoms with van der Waals surface area (Å²) < 4.78 is 56.4. The average molecular weight is 492 g/mol. The number of hydrogen-bond donors (Lipinski definition) is 1. The lowest BCUT2D eigenvalue weighted by atomic mass is 9.86. The van der Waals surface area contributed by atoms with Crippen LogP contribution in [0.1, 0.15) is 74.4 Å². The molecule has 2 aromatic carbocycles. The van der Waals surface area contributed by atoms with E-state index in [1.807, 2.05) is 0 Å². The number of rotatable bonds is 6. The molecule has 0 heterocycles. The maximum Gasteiger partial charge on any atom is 0.408 e. The molecule has 0 aliphatic heterocycles. The zero-order chi connectivity index (χ0) is 26.1. The highest BCUT2D eigenvalue weighted by molar-refractivity contribution is 5.79. The van der Waals surface area contributed by atoms with E-state index >= 15 is 8.78 Å². The van der Waals surface area contributed by atoms with Crippen molar-refractivity contribution in [1.29, 1.82) is 0 Å². The van der Waals surface area contributed by atoms with Gasteiger partial charge in [0.05, 0.1) is 19.1 Å². The Bertz CT molecular complexity index is 1130. The first-order valence-corrected chi connectivity index (χ1v) is 11.8. The van der Waals surface area contributed by atoms with Crippen LogP contribution < -0.4 is 5.32 Å². The SMILES string of the molecule is CCOC(=O)CC(NC(=O)OC(C)(C)C)c1c(F)c2c(c(-c3c(C)cc(F)cc3C)c1F)CCC2. The number of hydrogen-bond acceptors (Lipinski definition) is 4. The van der Waals surface area contributed by atoms with Gasteiger partial charge in [0.2, 0.25) is 0 Å². The predicted molar refractivity (Wildman–Crippen MR) is 127 cm³/mol. The van der Waals surface area contributed by atoms with E-state index in [-0.39, 0.29) is 12.2 Å². The lowest BCUT2D eigenvalue weighted by Gasteiger charge is -2.26. The van der Waals surface area contributed by atoms with Crippen molar-refractivity contribution in [3.05, 3.63) is 57.4 Å². The van der Waals surface area contributed by atoms with Crippen LogP contribution in [0.5, 0.6) is 0 Å². The van der Waals surface area contributed by atoms with Gasteiger partial charge in [-0.1, -0.05) is 0 Å². The highest BCUT2D eigenvalue weighted by Crippen LogP contribution is 2.43. The molecular formula is C27H32F3NO4.